The average Bonchev–Trinajstić information content (AvgIpc) is 3.13. The van der Waals surface area contributed by atoms with Crippen LogP contribution in [0, 0.1) is 5.41 Å². The molecule has 0 radical (unpaired) electrons. The molecule has 0 saturated carbocycles. The highest BCUT2D eigenvalue weighted by atomic mass is 16.5. The van der Waals surface area contributed by atoms with Crippen molar-refractivity contribution in [3.63, 3.8) is 0 Å². The monoisotopic (exact) mass is 360 g/mol. The number of esters is 2. The lowest BCUT2D eigenvalue weighted by Crippen LogP contribution is -2.25. The molecule has 26 heavy (non-hydrogen) atoms. The lowest BCUT2D eigenvalue weighted by molar-refractivity contribution is -0.138. The van der Waals surface area contributed by atoms with E-state index in [0.29, 0.717) is 37.4 Å². The van der Waals surface area contributed by atoms with E-state index < -0.39 is 11.4 Å². The summed E-state index contributed by atoms with van der Waals surface area (Å²) in [6.45, 7) is 12.2. The average molecular weight is 360 g/mol. The minimum Gasteiger partial charge on any atom is -0.461 e. The largest absolute Gasteiger partial charge is 0.461 e. The van der Waals surface area contributed by atoms with Crippen molar-refractivity contribution in [2.75, 3.05) is 13.2 Å². The Balaban J connectivity index is 2.50. The third kappa shape index (κ3) is 3.45. The zero-order valence-electron chi connectivity index (χ0n) is 16.5. The van der Waals surface area contributed by atoms with Crippen molar-refractivity contribution in [2.45, 2.75) is 54.4 Å². The molecule has 1 aliphatic heterocycles. The van der Waals surface area contributed by atoms with E-state index in [1.54, 1.807) is 13.8 Å². The molecule has 0 saturated heterocycles. The van der Waals surface area contributed by atoms with Crippen molar-refractivity contribution in [1.82, 2.24) is 4.98 Å². The number of H-pyrrole nitrogens is 1. The van der Waals surface area contributed by atoms with Crippen LogP contribution < -0.4 is 0 Å². The highest BCUT2D eigenvalue weighted by Crippen LogP contribution is 2.41. The maximum absolute atomic E-state index is 12.3. The zero-order valence-corrected chi connectivity index (χ0v) is 16.5. The molecule has 6 heteroatoms. The molecule has 142 valence electrons. The fourth-order valence-corrected chi connectivity index (χ4v) is 3.42. The Hall–Kier alpha value is -2.37. The van der Waals surface area contributed by atoms with E-state index in [1.807, 2.05) is 33.8 Å². The summed E-state index contributed by atoms with van der Waals surface area (Å²) in [7, 11) is 0. The van der Waals surface area contributed by atoms with E-state index >= 15 is 0 Å². The van der Waals surface area contributed by atoms with Gasteiger partial charge in [-0.3, -0.25) is 0 Å². The highest BCUT2D eigenvalue weighted by Gasteiger charge is 2.40. The normalized spacial score (nSPS) is 15.8. The number of aliphatic imine (C=N–C) groups is 1. The maximum atomic E-state index is 12.3. The molecule has 0 aromatic carbocycles. The van der Waals surface area contributed by atoms with Gasteiger partial charge in [-0.15, -0.1) is 0 Å². The summed E-state index contributed by atoms with van der Waals surface area (Å²) in [4.78, 5) is 32.3. The van der Waals surface area contributed by atoms with Gasteiger partial charge in [-0.1, -0.05) is 27.7 Å². The third-order valence-electron chi connectivity index (χ3n) is 4.69. The van der Waals surface area contributed by atoms with Crippen molar-refractivity contribution >= 4 is 17.7 Å². The van der Waals surface area contributed by atoms with E-state index in [9.17, 15) is 9.59 Å². The molecule has 6 nitrogen and oxygen atoms in total. The highest BCUT2D eigenvalue weighted by molar-refractivity contribution is 6.12. The molecular formula is C20H28N2O4. The van der Waals surface area contributed by atoms with Crippen LogP contribution in [0.25, 0.3) is 0 Å². The van der Waals surface area contributed by atoms with Gasteiger partial charge < -0.3 is 14.5 Å². The van der Waals surface area contributed by atoms with Gasteiger partial charge in [-0.05, 0) is 43.9 Å². The number of nitrogens with one attached hydrogen (secondary N) is 1. The molecule has 2 rings (SSSR count). The second-order valence-corrected chi connectivity index (χ2v) is 6.64. The fourth-order valence-electron chi connectivity index (χ4n) is 3.42. The Morgan fingerprint density at radius 1 is 1.04 bits per heavy atom. The summed E-state index contributed by atoms with van der Waals surface area (Å²) >= 11 is 0. The Bertz CT molecular complexity index is 769. The Morgan fingerprint density at radius 3 is 2.19 bits per heavy atom. The molecule has 0 amide bonds. The van der Waals surface area contributed by atoms with Crippen LogP contribution in [0.15, 0.2) is 22.3 Å². The topological polar surface area (TPSA) is 80.8 Å². The Kier molecular flexibility index (Phi) is 6.05. The van der Waals surface area contributed by atoms with Gasteiger partial charge in [-0.25, -0.2) is 14.6 Å². The number of hydrogen-bond acceptors (Lipinski definition) is 5. The number of nitrogens with zero attached hydrogens (tertiary/aromatic N) is 1. The van der Waals surface area contributed by atoms with E-state index in [1.165, 1.54) is 0 Å². The number of aromatic amines is 1. The first-order valence-electron chi connectivity index (χ1n) is 9.20. The molecular weight excluding hydrogens is 332 g/mol. The lowest BCUT2D eigenvalue weighted by Gasteiger charge is -2.24. The van der Waals surface area contributed by atoms with Crippen LogP contribution in [0.3, 0.4) is 0 Å². The van der Waals surface area contributed by atoms with Crippen molar-refractivity contribution in [1.29, 1.82) is 0 Å². The standard InChI is InChI=1S/C20H28N2O4/c1-7-12-11-14(21-15(12)18(23)25-9-3)17-20(5,6)13(8-2)16(22-17)19(24)26-10-4/h11,21H,7-10H2,1-6H3. The Labute approximate surface area is 154 Å². The maximum Gasteiger partial charge on any atom is 0.356 e. The first-order valence-corrected chi connectivity index (χ1v) is 9.20. The number of carbonyl (C=O) groups excluding carboxylic acids is 2. The van der Waals surface area contributed by atoms with E-state index in [4.69, 9.17) is 9.47 Å². The van der Waals surface area contributed by atoms with Gasteiger partial charge in [0.15, 0.2) is 0 Å². The summed E-state index contributed by atoms with van der Waals surface area (Å²) in [6, 6.07) is 1.92. The molecule has 0 unspecified atom stereocenters. The molecule has 0 fully saturated rings. The van der Waals surface area contributed by atoms with Gasteiger partial charge in [0.05, 0.1) is 24.6 Å². The molecule has 1 aromatic rings. The summed E-state index contributed by atoms with van der Waals surface area (Å²) in [6.07, 6.45) is 1.39. The minimum absolute atomic E-state index is 0.306. The van der Waals surface area contributed by atoms with Crippen LogP contribution in [0.5, 0.6) is 0 Å². The van der Waals surface area contributed by atoms with E-state index in [0.717, 1.165) is 22.5 Å². The summed E-state index contributed by atoms with van der Waals surface area (Å²) in [5, 5.41) is 0. The summed E-state index contributed by atoms with van der Waals surface area (Å²) in [5.41, 5.74) is 3.68. The molecule has 2 heterocycles. The van der Waals surface area contributed by atoms with Crippen LogP contribution >= 0.6 is 0 Å². The predicted octanol–water partition coefficient (Wildman–Crippen LogP) is 3.81. The molecule has 0 bridgehead atoms. The smallest absolute Gasteiger partial charge is 0.356 e. The van der Waals surface area contributed by atoms with Crippen molar-refractivity contribution < 1.29 is 19.1 Å². The van der Waals surface area contributed by atoms with Gasteiger partial charge in [0.1, 0.15) is 11.4 Å². The molecule has 1 N–H and O–H groups in total. The van der Waals surface area contributed by atoms with Crippen LogP contribution in [0.2, 0.25) is 0 Å². The van der Waals surface area contributed by atoms with Gasteiger partial charge in [0.2, 0.25) is 0 Å². The first kappa shape index (κ1) is 19.9. The second-order valence-electron chi connectivity index (χ2n) is 6.64. The molecule has 0 atom stereocenters. The van der Waals surface area contributed by atoms with Crippen LogP contribution in [0.4, 0.5) is 0 Å². The predicted molar refractivity (Wildman–Crippen MR) is 100 cm³/mol. The number of ether oxygens (including phenoxy) is 2. The van der Waals surface area contributed by atoms with Gasteiger partial charge in [0.25, 0.3) is 0 Å². The zero-order chi connectivity index (χ0) is 19.5. The third-order valence-corrected chi connectivity index (χ3v) is 4.69. The van der Waals surface area contributed by atoms with Crippen LogP contribution in [0.1, 0.15) is 69.7 Å². The molecule has 1 aromatic heterocycles. The summed E-state index contributed by atoms with van der Waals surface area (Å²) in [5.74, 6) is -0.776. The van der Waals surface area contributed by atoms with Gasteiger partial charge in [0, 0.05) is 5.41 Å². The van der Waals surface area contributed by atoms with Crippen molar-refractivity contribution in [3.05, 3.63) is 34.3 Å². The summed E-state index contributed by atoms with van der Waals surface area (Å²) < 4.78 is 10.3. The van der Waals surface area contributed by atoms with Gasteiger partial charge in [-0.2, -0.15) is 0 Å². The number of aryl methyl sites for hydroxylation is 1. The van der Waals surface area contributed by atoms with Crippen LogP contribution in [-0.4, -0.2) is 35.8 Å². The quantitative estimate of drug-likeness (QED) is 0.750. The number of carbonyl (C=O) groups is 2. The number of hydrogen-bond donors (Lipinski definition) is 1. The fraction of sp³-hybridized carbons (Fsp3) is 0.550. The van der Waals surface area contributed by atoms with E-state index in [2.05, 4.69) is 9.98 Å². The number of rotatable bonds is 7. The lowest BCUT2D eigenvalue weighted by atomic mass is 9.78. The SMILES string of the molecule is CCOC(=O)C1=C(CC)C(C)(C)C(c2cc(CC)c(C(=O)OCC)[nH]2)=N1. The number of allylic oxidation sites excluding steroid dienone is 1. The van der Waals surface area contributed by atoms with Crippen molar-refractivity contribution in [3.8, 4) is 0 Å². The van der Waals surface area contributed by atoms with Gasteiger partial charge >= 0.3 is 11.9 Å². The first-order chi connectivity index (χ1) is 12.3. The molecule has 0 aliphatic carbocycles. The number of aromatic nitrogens is 1. The Morgan fingerprint density at radius 2 is 1.65 bits per heavy atom. The van der Waals surface area contributed by atoms with E-state index in [-0.39, 0.29) is 5.97 Å². The molecule has 0 spiro atoms. The second kappa shape index (κ2) is 7.89. The van der Waals surface area contributed by atoms with Crippen LogP contribution in [-0.2, 0) is 20.7 Å². The molecule has 1 aliphatic rings. The van der Waals surface area contributed by atoms with Crippen molar-refractivity contribution in [2.24, 2.45) is 10.4 Å². The minimum atomic E-state index is -0.432.